The largest absolute Gasteiger partial charge is 0.496 e. The van der Waals surface area contributed by atoms with Crippen molar-refractivity contribution in [1.29, 1.82) is 0 Å². The van der Waals surface area contributed by atoms with E-state index in [0.29, 0.717) is 5.92 Å². The van der Waals surface area contributed by atoms with Crippen LogP contribution in [0.15, 0.2) is 18.2 Å². The van der Waals surface area contributed by atoms with Gasteiger partial charge in [-0.25, -0.2) is 0 Å². The molecule has 1 N–H and O–H groups in total. The van der Waals surface area contributed by atoms with Gasteiger partial charge in [0.05, 0.1) is 13.2 Å². The van der Waals surface area contributed by atoms with Crippen LogP contribution in [0.2, 0.25) is 0 Å². The Hall–Kier alpha value is -1.26. The van der Waals surface area contributed by atoms with Crippen LogP contribution in [0.3, 0.4) is 0 Å². The maximum Gasteiger partial charge on any atom is 0.126 e. The first kappa shape index (κ1) is 16.1. The van der Waals surface area contributed by atoms with Crippen LogP contribution in [0.25, 0.3) is 0 Å². The Kier molecular flexibility index (Phi) is 5.48. The predicted octanol–water partition coefficient (Wildman–Crippen LogP) is 2.53. The van der Waals surface area contributed by atoms with Gasteiger partial charge < -0.3 is 14.7 Å². The fraction of sp³-hybridized carbons (Fsp3) is 0.647. The summed E-state index contributed by atoms with van der Waals surface area (Å²) < 4.78 is 5.41. The van der Waals surface area contributed by atoms with E-state index in [9.17, 15) is 5.11 Å². The lowest BCUT2D eigenvalue weighted by atomic mass is 10.0. The number of nitrogens with zero attached hydrogens (tertiary/aromatic N) is 2. The van der Waals surface area contributed by atoms with E-state index in [1.165, 1.54) is 0 Å². The molecular weight excluding hydrogens is 264 g/mol. The first-order valence-corrected chi connectivity index (χ1v) is 7.85. The minimum atomic E-state index is -0.523. The molecule has 1 saturated heterocycles. The first-order chi connectivity index (χ1) is 10.0. The van der Waals surface area contributed by atoms with Crippen LogP contribution >= 0.6 is 0 Å². The van der Waals surface area contributed by atoms with E-state index in [1.807, 2.05) is 12.1 Å². The van der Waals surface area contributed by atoms with Crippen molar-refractivity contribution in [2.45, 2.75) is 26.9 Å². The van der Waals surface area contributed by atoms with Crippen molar-refractivity contribution in [2.24, 2.45) is 5.92 Å². The average molecular weight is 292 g/mol. The molecule has 0 aliphatic carbocycles. The van der Waals surface area contributed by atoms with Crippen LogP contribution < -0.4 is 9.64 Å². The highest BCUT2D eigenvalue weighted by Crippen LogP contribution is 2.35. The van der Waals surface area contributed by atoms with E-state index in [2.05, 4.69) is 29.7 Å². The SMILES string of the molecule is COc1cccc(N2CCN(CC(C)C)CC2)c1[C@@H](C)O. The molecule has 4 nitrogen and oxygen atoms in total. The van der Waals surface area contributed by atoms with Crippen LogP contribution in [0.1, 0.15) is 32.4 Å². The van der Waals surface area contributed by atoms with Crippen molar-refractivity contribution >= 4 is 5.69 Å². The van der Waals surface area contributed by atoms with Gasteiger partial charge in [0.2, 0.25) is 0 Å². The first-order valence-electron chi connectivity index (χ1n) is 7.85. The van der Waals surface area contributed by atoms with E-state index in [0.717, 1.165) is 49.7 Å². The van der Waals surface area contributed by atoms with Crippen molar-refractivity contribution in [2.75, 3.05) is 44.7 Å². The molecule has 1 aromatic carbocycles. The van der Waals surface area contributed by atoms with Gasteiger partial charge in [-0.3, -0.25) is 4.90 Å². The third kappa shape index (κ3) is 3.89. The molecule has 1 aliphatic rings. The zero-order valence-electron chi connectivity index (χ0n) is 13.7. The molecule has 118 valence electrons. The Morgan fingerprint density at radius 2 is 1.81 bits per heavy atom. The van der Waals surface area contributed by atoms with Gasteiger partial charge in [-0.1, -0.05) is 19.9 Å². The van der Waals surface area contributed by atoms with Gasteiger partial charge in [0.15, 0.2) is 0 Å². The van der Waals surface area contributed by atoms with Gasteiger partial charge in [0.25, 0.3) is 0 Å². The van der Waals surface area contributed by atoms with E-state index in [4.69, 9.17) is 4.74 Å². The van der Waals surface area contributed by atoms with E-state index < -0.39 is 6.10 Å². The van der Waals surface area contributed by atoms with Gasteiger partial charge in [0.1, 0.15) is 5.75 Å². The summed E-state index contributed by atoms with van der Waals surface area (Å²) in [6, 6.07) is 6.00. The molecule has 0 saturated carbocycles. The standard InChI is InChI=1S/C17H28N2O2/c1-13(2)12-18-8-10-19(11-9-18)15-6-5-7-16(21-4)17(15)14(3)20/h5-7,13-14,20H,8-12H2,1-4H3/t14-/m1/s1. The fourth-order valence-corrected chi connectivity index (χ4v) is 3.09. The van der Waals surface area contributed by atoms with Crippen LogP contribution in [0, 0.1) is 5.92 Å². The van der Waals surface area contributed by atoms with Crippen LogP contribution in [-0.4, -0.2) is 49.8 Å². The molecule has 1 aliphatic heterocycles. The van der Waals surface area contributed by atoms with Crippen molar-refractivity contribution in [1.82, 2.24) is 4.90 Å². The second kappa shape index (κ2) is 7.14. The van der Waals surface area contributed by atoms with Gasteiger partial charge in [0, 0.05) is 44.0 Å². The summed E-state index contributed by atoms with van der Waals surface area (Å²) in [5.41, 5.74) is 2.01. The highest BCUT2D eigenvalue weighted by Gasteiger charge is 2.22. The fourth-order valence-electron chi connectivity index (χ4n) is 3.09. The maximum atomic E-state index is 10.1. The molecule has 0 unspecified atom stereocenters. The molecule has 4 heteroatoms. The highest BCUT2D eigenvalue weighted by molar-refractivity contribution is 5.60. The molecule has 0 bridgehead atoms. The second-order valence-electron chi connectivity index (χ2n) is 6.25. The molecule has 2 rings (SSSR count). The lowest BCUT2D eigenvalue weighted by Gasteiger charge is -2.38. The van der Waals surface area contributed by atoms with E-state index >= 15 is 0 Å². The summed E-state index contributed by atoms with van der Waals surface area (Å²) in [4.78, 5) is 4.88. The Morgan fingerprint density at radius 1 is 1.14 bits per heavy atom. The minimum Gasteiger partial charge on any atom is -0.496 e. The number of anilines is 1. The molecule has 0 radical (unpaired) electrons. The topological polar surface area (TPSA) is 35.9 Å². The number of aliphatic hydroxyl groups excluding tert-OH is 1. The quantitative estimate of drug-likeness (QED) is 0.904. The number of rotatable bonds is 5. The van der Waals surface area contributed by atoms with Crippen LogP contribution in [-0.2, 0) is 0 Å². The second-order valence-corrected chi connectivity index (χ2v) is 6.25. The molecule has 0 aromatic heterocycles. The summed E-state index contributed by atoms with van der Waals surface area (Å²) in [5, 5.41) is 10.1. The minimum absolute atomic E-state index is 0.523. The number of aliphatic hydroxyl groups is 1. The van der Waals surface area contributed by atoms with Crippen molar-refractivity contribution in [3.8, 4) is 5.75 Å². The summed E-state index contributed by atoms with van der Waals surface area (Å²) in [6.07, 6.45) is -0.523. The molecule has 1 atom stereocenters. The smallest absolute Gasteiger partial charge is 0.126 e. The highest BCUT2D eigenvalue weighted by atomic mass is 16.5. The third-order valence-electron chi connectivity index (χ3n) is 4.02. The van der Waals surface area contributed by atoms with Crippen molar-refractivity contribution in [3.05, 3.63) is 23.8 Å². The normalized spacial score (nSPS) is 18.1. The monoisotopic (exact) mass is 292 g/mol. The molecule has 21 heavy (non-hydrogen) atoms. The number of hydrogen-bond donors (Lipinski definition) is 1. The van der Waals surface area contributed by atoms with E-state index in [1.54, 1.807) is 14.0 Å². The summed E-state index contributed by atoms with van der Waals surface area (Å²) in [6.45, 7) is 11.6. The number of hydrogen-bond acceptors (Lipinski definition) is 4. The number of ether oxygens (including phenoxy) is 1. The van der Waals surface area contributed by atoms with Crippen LogP contribution in [0.4, 0.5) is 5.69 Å². The molecule has 1 fully saturated rings. The summed E-state index contributed by atoms with van der Waals surface area (Å²) >= 11 is 0. The zero-order chi connectivity index (χ0) is 15.4. The number of methoxy groups -OCH3 is 1. The van der Waals surface area contributed by atoms with Gasteiger partial charge in [-0.15, -0.1) is 0 Å². The summed E-state index contributed by atoms with van der Waals surface area (Å²) in [5.74, 6) is 1.48. The molecule has 0 amide bonds. The maximum absolute atomic E-state index is 10.1. The van der Waals surface area contributed by atoms with Crippen LogP contribution in [0.5, 0.6) is 5.75 Å². The van der Waals surface area contributed by atoms with Crippen molar-refractivity contribution in [3.63, 3.8) is 0 Å². The lowest BCUT2D eigenvalue weighted by molar-refractivity contribution is 0.193. The zero-order valence-corrected chi connectivity index (χ0v) is 13.7. The Balaban J connectivity index is 2.13. The average Bonchev–Trinajstić information content (AvgIpc) is 2.46. The number of benzene rings is 1. The lowest BCUT2D eigenvalue weighted by Crippen LogP contribution is -2.47. The van der Waals surface area contributed by atoms with Crippen molar-refractivity contribution < 1.29 is 9.84 Å². The summed E-state index contributed by atoms with van der Waals surface area (Å²) in [7, 11) is 1.66. The Bertz CT molecular complexity index is 452. The Morgan fingerprint density at radius 3 is 2.33 bits per heavy atom. The third-order valence-corrected chi connectivity index (χ3v) is 4.02. The molecule has 0 spiro atoms. The van der Waals surface area contributed by atoms with Gasteiger partial charge >= 0.3 is 0 Å². The Labute approximate surface area is 128 Å². The number of piperazine rings is 1. The molecule has 1 aromatic rings. The van der Waals surface area contributed by atoms with E-state index in [-0.39, 0.29) is 0 Å². The molecular formula is C17H28N2O2. The predicted molar refractivity (Wildman–Crippen MR) is 87.1 cm³/mol. The molecule has 1 heterocycles. The van der Waals surface area contributed by atoms with Gasteiger partial charge in [-0.2, -0.15) is 0 Å². The van der Waals surface area contributed by atoms with Gasteiger partial charge in [-0.05, 0) is 25.0 Å².